The molecule has 0 fully saturated rings. The predicted molar refractivity (Wildman–Crippen MR) is 78.8 cm³/mol. The van der Waals surface area contributed by atoms with Crippen LogP contribution in [0.15, 0.2) is 47.3 Å². The summed E-state index contributed by atoms with van der Waals surface area (Å²) in [5.41, 5.74) is 1.06. The van der Waals surface area contributed by atoms with Gasteiger partial charge in [-0.05, 0) is 23.6 Å². The fraction of sp³-hybridized carbons (Fsp3) is 0.0714. The lowest BCUT2D eigenvalue weighted by atomic mass is 10.3. The van der Waals surface area contributed by atoms with Crippen LogP contribution in [0.3, 0.4) is 0 Å². The van der Waals surface area contributed by atoms with Crippen molar-refractivity contribution in [3.8, 4) is 9.88 Å². The van der Waals surface area contributed by atoms with Crippen molar-refractivity contribution < 1.29 is 9.53 Å². The van der Waals surface area contributed by atoms with E-state index in [2.05, 4.69) is 9.97 Å². The highest BCUT2D eigenvalue weighted by molar-refractivity contribution is 7.20. The molecule has 3 heterocycles. The van der Waals surface area contributed by atoms with Gasteiger partial charge in [-0.15, -0.1) is 22.7 Å². The Morgan fingerprint density at radius 3 is 2.90 bits per heavy atom. The molecule has 0 saturated carbocycles. The van der Waals surface area contributed by atoms with Crippen molar-refractivity contribution in [2.24, 2.45) is 0 Å². The van der Waals surface area contributed by atoms with Crippen molar-refractivity contribution in [1.82, 2.24) is 9.97 Å². The first-order valence-electron chi connectivity index (χ1n) is 5.89. The van der Waals surface area contributed by atoms with E-state index < -0.39 is 5.97 Å². The summed E-state index contributed by atoms with van der Waals surface area (Å²) in [6.45, 7) is 0.164. The van der Waals surface area contributed by atoms with Gasteiger partial charge in [-0.25, -0.2) is 14.8 Å². The normalized spacial score (nSPS) is 10.4. The fourth-order valence-electron chi connectivity index (χ4n) is 1.58. The maximum absolute atomic E-state index is 11.7. The van der Waals surface area contributed by atoms with E-state index in [0.29, 0.717) is 5.69 Å². The fourth-order valence-corrected chi connectivity index (χ4v) is 3.20. The van der Waals surface area contributed by atoms with Crippen LogP contribution in [0.25, 0.3) is 9.88 Å². The zero-order valence-electron chi connectivity index (χ0n) is 10.4. The number of nitrogens with zero attached hydrogens (tertiary/aromatic N) is 2. The predicted octanol–water partition coefficient (Wildman–Crippen LogP) is 3.62. The largest absolute Gasteiger partial charge is 0.454 e. The molecule has 100 valence electrons. The monoisotopic (exact) mass is 302 g/mol. The Morgan fingerprint density at radius 1 is 1.20 bits per heavy atom. The van der Waals surface area contributed by atoms with Crippen molar-refractivity contribution in [3.05, 3.63) is 58.7 Å². The summed E-state index contributed by atoms with van der Waals surface area (Å²) in [5, 5.41) is 4.86. The van der Waals surface area contributed by atoms with E-state index in [0.717, 1.165) is 15.6 Å². The Balaban J connectivity index is 1.63. The number of hydrogen-bond donors (Lipinski definition) is 0. The molecule has 0 aliphatic carbocycles. The van der Waals surface area contributed by atoms with Crippen LogP contribution in [0.4, 0.5) is 0 Å². The van der Waals surface area contributed by atoms with Gasteiger partial charge >= 0.3 is 5.97 Å². The number of thiazole rings is 1. The molecule has 0 aliphatic rings. The number of aromatic nitrogens is 2. The average Bonchev–Trinajstić information content (AvgIpc) is 3.16. The third kappa shape index (κ3) is 2.92. The van der Waals surface area contributed by atoms with Gasteiger partial charge in [0.2, 0.25) is 0 Å². The van der Waals surface area contributed by atoms with Gasteiger partial charge in [0.1, 0.15) is 17.3 Å². The Morgan fingerprint density at radius 2 is 2.15 bits per heavy atom. The molecule has 0 aliphatic heterocycles. The van der Waals surface area contributed by atoms with Gasteiger partial charge < -0.3 is 4.74 Å². The van der Waals surface area contributed by atoms with E-state index in [-0.39, 0.29) is 6.61 Å². The van der Waals surface area contributed by atoms with Crippen LogP contribution >= 0.6 is 22.7 Å². The van der Waals surface area contributed by atoms with Gasteiger partial charge in [-0.2, -0.15) is 0 Å². The molecule has 0 aromatic carbocycles. The van der Waals surface area contributed by atoms with Crippen LogP contribution in [0.1, 0.15) is 16.2 Å². The number of rotatable bonds is 4. The molecular weight excluding hydrogens is 292 g/mol. The Labute approximate surface area is 123 Å². The standard InChI is InChI=1S/C14H10N2O2S2/c17-14(11-4-1-2-6-15-11)18-8-10-9-20-13(16-10)12-5-3-7-19-12/h1-7,9H,8H2. The van der Waals surface area contributed by atoms with Crippen LogP contribution in [-0.2, 0) is 11.3 Å². The second-order valence-corrected chi connectivity index (χ2v) is 5.72. The van der Waals surface area contributed by atoms with E-state index in [4.69, 9.17) is 4.74 Å². The molecule has 0 N–H and O–H groups in total. The zero-order chi connectivity index (χ0) is 13.8. The van der Waals surface area contributed by atoms with Crippen LogP contribution in [-0.4, -0.2) is 15.9 Å². The maximum atomic E-state index is 11.7. The highest BCUT2D eigenvalue weighted by Gasteiger charge is 2.10. The quantitative estimate of drug-likeness (QED) is 0.691. The van der Waals surface area contributed by atoms with Crippen LogP contribution in [0, 0.1) is 0 Å². The Hall–Kier alpha value is -2.05. The second kappa shape index (κ2) is 5.94. The molecule has 0 spiro atoms. The molecule has 3 aromatic rings. The van der Waals surface area contributed by atoms with Gasteiger partial charge in [-0.1, -0.05) is 12.1 Å². The minimum Gasteiger partial charge on any atom is -0.454 e. The summed E-state index contributed by atoms with van der Waals surface area (Å²) < 4.78 is 5.19. The molecule has 6 heteroatoms. The van der Waals surface area contributed by atoms with Crippen LogP contribution < -0.4 is 0 Å². The summed E-state index contributed by atoms with van der Waals surface area (Å²) in [5.74, 6) is -0.434. The molecule has 3 rings (SSSR count). The van der Waals surface area contributed by atoms with Crippen molar-refractivity contribution in [1.29, 1.82) is 0 Å². The number of pyridine rings is 1. The SMILES string of the molecule is O=C(OCc1csc(-c2cccs2)n1)c1ccccn1. The smallest absolute Gasteiger partial charge is 0.357 e. The minimum absolute atomic E-state index is 0.164. The zero-order valence-corrected chi connectivity index (χ0v) is 12.0. The number of ether oxygens (including phenoxy) is 1. The van der Waals surface area contributed by atoms with Crippen molar-refractivity contribution in [2.45, 2.75) is 6.61 Å². The lowest BCUT2D eigenvalue weighted by Gasteiger charge is -2.01. The number of carbonyl (C=O) groups excluding carboxylic acids is 1. The van der Waals surface area contributed by atoms with Crippen molar-refractivity contribution in [2.75, 3.05) is 0 Å². The highest BCUT2D eigenvalue weighted by atomic mass is 32.1. The van der Waals surface area contributed by atoms with Gasteiger partial charge in [0.15, 0.2) is 0 Å². The van der Waals surface area contributed by atoms with Gasteiger partial charge in [-0.3, -0.25) is 0 Å². The number of esters is 1. The summed E-state index contributed by atoms with van der Waals surface area (Å²) >= 11 is 3.19. The number of thiophene rings is 1. The Kier molecular flexibility index (Phi) is 3.85. The molecular formula is C14H10N2O2S2. The van der Waals surface area contributed by atoms with Gasteiger partial charge in [0.25, 0.3) is 0 Å². The number of carbonyl (C=O) groups is 1. The summed E-state index contributed by atoms with van der Waals surface area (Å²) in [6, 6.07) is 9.14. The minimum atomic E-state index is -0.434. The van der Waals surface area contributed by atoms with E-state index in [1.807, 2.05) is 22.9 Å². The topological polar surface area (TPSA) is 52.1 Å². The maximum Gasteiger partial charge on any atom is 0.357 e. The van der Waals surface area contributed by atoms with E-state index in [1.165, 1.54) is 0 Å². The highest BCUT2D eigenvalue weighted by Crippen LogP contribution is 2.27. The first-order valence-corrected chi connectivity index (χ1v) is 7.65. The van der Waals surface area contributed by atoms with E-state index in [9.17, 15) is 4.79 Å². The molecule has 0 atom stereocenters. The molecule has 0 saturated heterocycles. The summed E-state index contributed by atoms with van der Waals surface area (Å²) in [4.78, 5) is 21.3. The van der Waals surface area contributed by atoms with E-state index in [1.54, 1.807) is 47.1 Å². The molecule has 0 bridgehead atoms. The van der Waals surface area contributed by atoms with Crippen LogP contribution in [0.5, 0.6) is 0 Å². The Bertz CT molecular complexity index is 693. The molecule has 3 aromatic heterocycles. The number of hydrogen-bond acceptors (Lipinski definition) is 6. The van der Waals surface area contributed by atoms with Gasteiger partial charge in [0.05, 0.1) is 10.6 Å². The first-order chi connectivity index (χ1) is 9.83. The third-order valence-corrected chi connectivity index (χ3v) is 4.44. The average molecular weight is 302 g/mol. The summed E-state index contributed by atoms with van der Waals surface area (Å²) in [7, 11) is 0. The van der Waals surface area contributed by atoms with Crippen molar-refractivity contribution >= 4 is 28.6 Å². The molecule has 4 nitrogen and oxygen atoms in total. The second-order valence-electron chi connectivity index (χ2n) is 3.91. The molecule has 0 unspecified atom stereocenters. The van der Waals surface area contributed by atoms with Crippen LogP contribution in [0.2, 0.25) is 0 Å². The summed E-state index contributed by atoms with van der Waals surface area (Å²) in [6.07, 6.45) is 1.56. The van der Waals surface area contributed by atoms with Crippen molar-refractivity contribution in [3.63, 3.8) is 0 Å². The molecule has 0 amide bonds. The molecule has 20 heavy (non-hydrogen) atoms. The lowest BCUT2D eigenvalue weighted by Crippen LogP contribution is -2.07. The van der Waals surface area contributed by atoms with Gasteiger partial charge in [0, 0.05) is 11.6 Å². The lowest BCUT2D eigenvalue weighted by molar-refractivity contribution is 0.0461. The molecule has 0 radical (unpaired) electrons. The first kappa shape index (κ1) is 13.0. The van der Waals surface area contributed by atoms with E-state index >= 15 is 0 Å². The third-order valence-electron chi connectivity index (χ3n) is 2.51.